The van der Waals surface area contributed by atoms with Crippen molar-refractivity contribution < 1.29 is 9.53 Å². The number of halogens is 1. The third-order valence-electron chi connectivity index (χ3n) is 3.05. The van der Waals surface area contributed by atoms with Gasteiger partial charge in [-0.25, -0.2) is 4.98 Å². The molecule has 1 heterocycles. The van der Waals surface area contributed by atoms with Crippen LogP contribution in [0.15, 0.2) is 36.7 Å². The summed E-state index contributed by atoms with van der Waals surface area (Å²) in [5, 5.41) is 3.41. The van der Waals surface area contributed by atoms with Gasteiger partial charge in [0.25, 0.3) is 5.91 Å². The maximum Gasteiger partial charge on any atom is 0.260 e. The minimum absolute atomic E-state index is 0.163. The van der Waals surface area contributed by atoms with Crippen molar-refractivity contribution in [1.29, 1.82) is 0 Å². The van der Waals surface area contributed by atoms with Crippen LogP contribution in [-0.4, -0.2) is 28.1 Å². The number of aryl methyl sites for hydroxylation is 1. The molecule has 6 heteroatoms. The number of hydrogen-bond acceptors (Lipinski definition) is 3. The van der Waals surface area contributed by atoms with Crippen LogP contribution < -0.4 is 10.1 Å². The first-order valence-electron chi connectivity index (χ1n) is 6.72. The highest BCUT2D eigenvalue weighted by atomic mass is 35.5. The van der Waals surface area contributed by atoms with Crippen molar-refractivity contribution in [3.63, 3.8) is 0 Å². The zero-order valence-corrected chi connectivity index (χ0v) is 12.8. The Morgan fingerprint density at radius 3 is 3.00 bits per heavy atom. The smallest absolute Gasteiger partial charge is 0.260 e. The molecule has 2 aromatic rings. The zero-order chi connectivity index (χ0) is 15.2. The summed E-state index contributed by atoms with van der Waals surface area (Å²) in [4.78, 5) is 16.2. The van der Waals surface area contributed by atoms with Gasteiger partial charge in [-0.15, -0.1) is 0 Å². The average molecular weight is 308 g/mol. The molecule has 0 aliphatic rings. The molecule has 0 aliphatic carbocycles. The molecular weight excluding hydrogens is 290 g/mol. The lowest BCUT2D eigenvalue weighted by molar-refractivity contribution is -0.127. The lowest BCUT2D eigenvalue weighted by atomic mass is 10.3. The molecule has 0 spiro atoms. The number of benzene rings is 1. The van der Waals surface area contributed by atoms with Gasteiger partial charge in [0.1, 0.15) is 11.6 Å². The van der Waals surface area contributed by atoms with E-state index < -0.39 is 6.10 Å². The average Bonchev–Trinajstić information content (AvgIpc) is 2.84. The summed E-state index contributed by atoms with van der Waals surface area (Å²) in [5.74, 6) is 1.34. The van der Waals surface area contributed by atoms with Gasteiger partial charge in [-0.3, -0.25) is 4.79 Å². The Kier molecular flexibility index (Phi) is 5.22. The van der Waals surface area contributed by atoms with Gasteiger partial charge in [-0.1, -0.05) is 17.7 Å². The Morgan fingerprint density at radius 1 is 1.52 bits per heavy atom. The lowest BCUT2D eigenvalue weighted by Crippen LogP contribution is -2.37. The molecule has 112 valence electrons. The topological polar surface area (TPSA) is 56.1 Å². The Bertz CT molecular complexity index is 612. The van der Waals surface area contributed by atoms with Crippen LogP contribution in [0.25, 0.3) is 0 Å². The van der Waals surface area contributed by atoms with E-state index in [1.807, 2.05) is 17.8 Å². The van der Waals surface area contributed by atoms with Gasteiger partial charge in [0.15, 0.2) is 6.10 Å². The van der Waals surface area contributed by atoms with E-state index in [0.29, 0.717) is 23.7 Å². The number of carbonyl (C=O) groups excluding carboxylic acids is 1. The van der Waals surface area contributed by atoms with E-state index >= 15 is 0 Å². The molecule has 1 aromatic carbocycles. The molecule has 0 bridgehead atoms. The maximum atomic E-state index is 11.9. The van der Waals surface area contributed by atoms with Gasteiger partial charge in [0, 0.05) is 37.4 Å². The van der Waals surface area contributed by atoms with Crippen LogP contribution in [0.5, 0.6) is 5.75 Å². The van der Waals surface area contributed by atoms with Crippen molar-refractivity contribution >= 4 is 17.5 Å². The molecule has 1 unspecified atom stereocenters. The number of rotatable bonds is 6. The monoisotopic (exact) mass is 307 g/mol. The van der Waals surface area contributed by atoms with Crippen LogP contribution in [0.1, 0.15) is 12.7 Å². The second-order valence-electron chi connectivity index (χ2n) is 4.71. The van der Waals surface area contributed by atoms with Gasteiger partial charge >= 0.3 is 0 Å². The Balaban J connectivity index is 1.79. The normalized spacial score (nSPS) is 12.0. The summed E-state index contributed by atoms with van der Waals surface area (Å²) < 4.78 is 7.48. The second kappa shape index (κ2) is 7.13. The Morgan fingerprint density at radius 2 is 2.33 bits per heavy atom. The Hall–Kier alpha value is -2.01. The van der Waals surface area contributed by atoms with Gasteiger partial charge < -0.3 is 14.6 Å². The molecule has 21 heavy (non-hydrogen) atoms. The van der Waals surface area contributed by atoms with Crippen LogP contribution in [0, 0.1) is 0 Å². The second-order valence-corrected chi connectivity index (χ2v) is 5.15. The van der Waals surface area contributed by atoms with Crippen molar-refractivity contribution in [1.82, 2.24) is 14.9 Å². The van der Waals surface area contributed by atoms with Crippen LogP contribution in [0.2, 0.25) is 5.02 Å². The molecule has 5 nitrogen and oxygen atoms in total. The van der Waals surface area contributed by atoms with E-state index in [2.05, 4.69) is 10.3 Å². The first-order valence-corrected chi connectivity index (χ1v) is 7.10. The van der Waals surface area contributed by atoms with Crippen molar-refractivity contribution in [2.24, 2.45) is 7.05 Å². The molecule has 1 amide bonds. The fourth-order valence-corrected chi connectivity index (χ4v) is 2.06. The summed E-state index contributed by atoms with van der Waals surface area (Å²) in [6.45, 7) is 2.23. The van der Waals surface area contributed by atoms with Crippen LogP contribution in [0.3, 0.4) is 0 Å². The number of carbonyl (C=O) groups is 1. The number of amides is 1. The van der Waals surface area contributed by atoms with E-state index in [1.165, 1.54) is 0 Å². The van der Waals surface area contributed by atoms with Crippen molar-refractivity contribution in [2.45, 2.75) is 19.4 Å². The minimum atomic E-state index is -0.579. The molecule has 1 aromatic heterocycles. The maximum absolute atomic E-state index is 11.9. The number of nitrogens with one attached hydrogen (secondary N) is 1. The summed E-state index contributed by atoms with van der Waals surface area (Å²) in [7, 11) is 1.93. The quantitative estimate of drug-likeness (QED) is 0.890. The van der Waals surface area contributed by atoms with Gasteiger partial charge in [0.2, 0.25) is 0 Å². The molecule has 0 radical (unpaired) electrons. The highest BCUT2D eigenvalue weighted by Gasteiger charge is 2.14. The first-order chi connectivity index (χ1) is 10.1. The third kappa shape index (κ3) is 4.49. The van der Waals surface area contributed by atoms with Crippen molar-refractivity contribution in [2.75, 3.05) is 6.54 Å². The fourth-order valence-electron chi connectivity index (χ4n) is 1.88. The molecule has 0 saturated heterocycles. The zero-order valence-electron chi connectivity index (χ0n) is 12.0. The fraction of sp³-hybridized carbons (Fsp3) is 0.333. The standard InChI is InChI=1S/C15H18ClN3O2/c1-11(21-13-5-3-4-12(16)10-13)15(20)18-7-6-14-17-8-9-19(14)2/h3-5,8-11H,6-7H2,1-2H3,(H,18,20). The molecule has 0 saturated carbocycles. The predicted molar refractivity (Wildman–Crippen MR) is 81.5 cm³/mol. The highest BCUT2D eigenvalue weighted by Crippen LogP contribution is 2.18. The van der Waals surface area contributed by atoms with Crippen molar-refractivity contribution in [3.05, 3.63) is 47.5 Å². The van der Waals surface area contributed by atoms with Crippen LogP contribution in [0.4, 0.5) is 0 Å². The van der Waals surface area contributed by atoms with E-state index in [-0.39, 0.29) is 5.91 Å². The first kappa shape index (κ1) is 15.4. The van der Waals surface area contributed by atoms with Gasteiger partial charge in [-0.2, -0.15) is 0 Å². The highest BCUT2D eigenvalue weighted by molar-refractivity contribution is 6.30. The SMILES string of the molecule is CC(Oc1cccc(Cl)c1)C(=O)NCCc1nccn1C. The molecule has 1 atom stereocenters. The molecule has 0 aliphatic heterocycles. The number of ether oxygens (including phenoxy) is 1. The number of imidazole rings is 1. The predicted octanol–water partition coefficient (Wildman–Crippen LogP) is 2.20. The van der Waals surface area contributed by atoms with E-state index in [0.717, 1.165) is 5.82 Å². The number of hydrogen-bond donors (Lipinski definition) is 1. The Labute approximate surface area is 128 Å². The largest absolute Gasteiger partial charge is 0.481 e. The minimum Gasteiger partial charge on any atom is -0.481 e. The molecule has 1 N–H and O–H groups in total. The van der Waals surface area contributed by atoms with E-state index in [9.17, 15) is 4.79 Å². The molecule has 2 rings (SSSR count). The van der Waals surface area contributed by atoms with Crippen LogP contribution in [-0.2, 0) is 18.3 Å². The summed E-state index contributed by atoms with van der Waals surface area (Å²) in [5.41, 5.74) is 0. The summed E-state index contributed by atoms with van der Waals surface area (Å²) >= 11 is 5.87. The van der Waals surface area contributed by atoms with Gasteiger partial charge in [0.05, 0.1) is 0 Å². The van der Waals surface area contributed by atoms with Crippen LogP contribution >= 0.6 is 11.6 Å². The molecular formula is C15H18ClN3O2. The third-order valence-corrected chi connectivity index (χ3v) is 3.28. The molecule has 0 fully saturated rings. The summed E-state index contributed by atoms with van der Waals surface area (Å²) in [6.07, 6.45) is 3.72. The van der Waals surface area contributed by atoms with Crippen molar-refractivity contribution in [3.8, 4) is 5.75 Å². The van der Waals surface area contributed by atoms with E-state index in [1.54, 1.807) is 37.4 Å². The number of nitrogens with zero attached hydrogens (tertiary/aromatic N) is 2. The lowest BCUT2D eigenvalue weighted by Gasteiger charge is -2.14. The van der Waals surface area contributed by atoms with Gasteiger partial charge in [-0.05, 0) is 25.1 Å². The summed E-state index contributed by atoms with van der Waals surface area (Å²) in [6, 6.07) is 6.98. The number of aromatic nitrogens is 2. The van der Waals surface area contributed by atoms with E-state index in [4.69, 9.17) is 16.3 Å².